The van der Waals surface area contributed by atoms with E-state index in [2.05, 4.69) is 12.2 Å². The number of carbonyl (C=O) groups is 1. The van der Waals surface area contributed by atoms with E-state index in [9.17, 15) is 4.79 Å². The van der Waals surface area contributed by atoms with E-state index >= 15 is 0 Å². The molecule has 0 bridgehead atoms. The topological polar surface area (TPSA) is 64.3 Å². The van der Waals surface area contributed by atoms with Crippen LogP contribution in [0.3, 0.4) is 0 Å². The molecule has 122 valence electrons. The van der Waals surface area contributed by atoms with Crippen LogP contribution in [0.4, 0.5) is 11.4 Å². The van der Waals surface area contributed by atoms with E-state index in [4.69, 9.17) is 10.5 Å². The minimum Gasteiger partial charge on any atom is -0.491 e. The van der Waals surface area contributed by atoms with Gasteiger partial charge in [-0.3, -0.25) is 4.79 Å². The number of aryl methyl sites for hydroxylation is 1. The van der Waals surface area contributed by atoms with Crippen LogP contribution in [0.5, 0.6) is 5.75 Å². The second-order valence-electron chi connectivity index (χ2n) is 5.61. The van der Waals surface area contributed by atoms with Gasteiger partial charge in [-0.05, 0) is 55.7 Å². The molecule has 3 N–H and O–H groups in total. The number of hydrogen-bond acceptors (Lipinski definition) is 3. The van der Waals surface area contributed by atoms with Gasteiger partial charge < -0.3 is 15.8 Å². The summed E-state index contributed by atoms with van der Waals surface area (Å²) < 4.78 is 5.72. The number of nitrogens with two attached hydrogens (primary N) is 1. The number of amides is 1. The molecule has 0 heterocycles. The molecule has 0 aliphatic rings. The van der Waals surface area contributed by atoms with Crippen molar-refractivity contribution in [3.63, 3.8) is 0 Å². The van der Waals surface area contributed by atoms with E-state index in [1.54, 1.807) is 0 Å². The highest BCUT2D eigenvalue weighted by atomic mass is 16.5. The normalized spacial score (nSPS) is 11.7. The molecule has 0 saturated heterocycles. The van der Waals surface area contributed by atoms with Gasteiger partial charge in [0.15, 0.2) is 0 Å². The first kappa shape index (κ1) is 16.9. The molecule has 4 nitrogen and oxygen atoms in total. The second kappa shape index (κ2) is 8.22. The molecule has 0 spiro atoms. The maximum atomic E-state index is 12.0. The van der Waals surface area contributed by atoms with Crippen LogP contribution in [-0.2, 0) is 11.2 Å². The molecule has 0 fully saturated rings. The quantitative estimate of drug-likeness (QED) is 0.759. The molecule has 2 rings (SSSR count). The lowest BCUT2D eigenvalue weighted by Crippen LogP contribution is -2.13. The summed E-state index contributed by atoms with van der Waals surface area (Å²) in [4.78, 5) is 12.0. The maximum absolute atomic E-state index is 12.0. The molecule has 0 aromatic heterocycles. The van der Waals surface area contributed by atoms with Crippen LogP contribution in [0.25, 0.3) is 0 Å². The van der Waals surface area contributed by atoms with Crippen LogP contribution >= 0.6 is 0 Å². The maximum Gasteiger partial charge on any atom is 0.224 e. The fraction of sp³-hybridized carbons (Fsp3) is 0.316. The third kappa shape index (κ3) is 5.33. The van der Waals surface area contributed by atoms with Crippen LogP contribution in [0.15, 0.2) is 48.5 Å². The summed E-state index contributed by atoms with van der Waals surface area (Å²) in [5.74, 6) is 0.790. The minimum absolute atomic E-state index is 0.0242. The number of carbonyl (C=O) groups excluding carboxylic acids is 1. The van der Waals surface area contributed by atoms with Gasteiger partial charge in [-0.2, -0.15) is 0 Å². The van der Waals surface area contributed by atoms with Crippen molar-refractivity contribution < 1.29 is 9.53 Å². The van der Waals surface area contributed by atoms with Crippen LogP contribution in [-0.4, -0.2) is 12.0 Å². The predicted octanol–water partition coefficient (Wildman–Crippen LogP) is 4.02. The van der Waals surface area contributed by atoms with Gasteiger partial charge in [0.1, 0.15) is 5.75 Å². The molecule has 0 aliphatic carbocycles. The molecule has 1 unspecified atom stereocenters. The first-order chi connectivity index (χ1) is 11.1. The Morgan fingerprint density at radius 1 is 1.17 bits per heavy atom. The number of nitrogens with one attached hydrogen (secondary N) is 1. The van der Waals surface area contributed by atoms with Gasteiger partial charge >= 0.3 is 0 Å². The number of hydrogen-bond donors (Lipinski definition) is 2. The Kier molecular flexibility index (Phi) is 6.03. The van der Waals surface area contributed by atoms with E-state index in [-0.39, 0.29) is 12.0 Å². The van der Waals surface area contributed by atoms with Gasteiger partial charge in [0, 0.05) is 17.8 Å². The average molecular weight is 312 g/mol. The van der Waals surface area contributed by atoms with E-state index in [0.29, 0.717) is 12.8 Å². The molecule has 2 aromatic carbocycles. The Hall–Kier alpha value is -2.49. The van der Waals surface area contributed by atoms with Crippen molar-refractivity contribution in [2.45, 2.75) is 39.2 Å². The van der Waals surface area contributed by atoms with Gasteiger partial charge in [-0.15, -0.1) is 0 Å². The Morgan fingerprint density at radius 2 is 1.87 bits per heavy atom. The zero-order valence-electron chi connectivity index (χ0n) is 13.7. The van der Waals surface area contributed by atoms with Gasteiger partial charge in [0.2, 0.25) is 5.91 Å². The Balaban J connectivity index is 1.84. The lowest BCUT2D eigenvalue weighted by Gasteiger charge is -2.13. The average Bonchev–Trinajstić information content (AvgIpc) is 2.56. The SMILES string of the molecule is CCC(C)Oc1ccc(NC(=O)CCc2ccccc2N)cc1. The van der Waals surface area contributed by atoms with Crippen molar-refractivity contribution in [3.8, 4) is 5.75 Å². The van der Waals surface area contributed by atoms with Crippen molar-refractivity contribution >= 4 is 17.3 Å². The molecule has 0 radical (unpaired) electrons. The number of rotatable bonds is 7. The van der Waals surface area contributed by atoms with E-state index in [0.717, 1.165) is 29.1 Å². The van der Waals surface area contributed by atoms with Gasteiger partial charge in [-0.25, -0.2) is 0 Å². The Morgan fingerprint density at radius 3 is 2.52 bits per heavy atom. The number of benzene rings is 2. The Bertz CT molecular complexity index is 638. The van der Waals surface area contributed by atoms with Gasteiger partial charge in [0.05, 0.1) is 6.10 Å². The van der Waals surface area contributed by atoms with Gasteiger partial charge in [0.25, 0.3) is 0 Å². The summed E-state index contributed by atoms with van der Waals surface area (Å²) >= 11 is 0. The summed E-state index contributed by atoms with van der Waals surface area (Å²) in [6, 6.07) is 15.1. The summed E-state index contributed by atoms with van der Waals surface area (Å²) in [6.45, 7) is 4.11. The highest BCUT2D eigenvalue weighted by Gasteiger charge is 2.06. The van der Waals surface area contributed by atoms with Crippen LogP contribution in [0.1, 0.15) is 32.3 Å². The van der Waals surface area contributed by atoms with Crippen molar-refractivity contribution in [3.05, 3.63) is 54.1 Å². The summed E-state index contributed by atoms with van der Waals surface area (Å²) in [5, 5.41) is 2.89. The molecule has 2 aromatic rings. The van der Waals surface area contributed by atoms with E-state index in [1.165, 1.54) is 0 Å². The standard InChI is InChI=1S/C19H24N2O2/c1-3-14(2)23-17-11-9-16(10-12-17)21-19(22)13-8-15-6-4-5-7-18(15)20/h4-7,9-12,14H,3,8,13,20H2,1-2H3,(H,21,22). The monoisotopic (exact) mass is 312 g/mol. The minimum atomic E-state index is -0.0242. The second-order valence-corrected chi connectivity index (χ2v) is 5.61. The lowest BCUT2D eigenvalue weighted by molar-refractivity contribution is -0.116. The fourth-order valence-corrected chi connectivity index (χ4v) is 2.17. The first-order valence-electron chi connectivity index (χ1n) is 7.98. The summed E-state index contributed by atoms with van der Waals surface area (Å²) in [7, 11) is 0. The lowest BCUT2D eigenvalue weighted by atomic mass is 10.1. The first-order valence-corrected chi connectivity index (χ1v) is 7.98. The van der Waals surface area contributed by atoms with Gasteiger partial charge in [-0.1, -0.05) is 25.1 Å². The number of nitrogen functional groups attached to an aromatic ring is 1. The highest BCUT2D eigenvalue weighted by Crippen LogP contribution is 2.18. The van der Waals surface area contributed by atoms with Crippen molar-refractivity contribution in [1.82, 2.24) is 0 Å². The molecule has 23 heavy (non-hydrogen) atoms. The van der Waals surface area contributed by atoms with Crippen LogP contribution < -0.4 is 15.8 Å². The summed E-state index contributed by atoms with van der Waals surface area (Å²) in [5.41, 5.74) is 8.38. The molecule has 0 saturated carbocycles. The highest BCUT2D eigenvalue weighted by molar-refractivity contribution is 5.90. The third-order valence-electron chi connectivity index (χ3n) is 3.73. The largest absolute Gasteiger partial charge is 0.491 e. The molecular formula is C19H24N2O2. The van der Waals surface area contributed by atoms with E-state index < -0.39 is 0 Å². The zero-order valence-corrected chi connectivity index (χ0v) is 13.7. The third-order valence-corrected chi connectivity index (χ3v) is 3.73. The number of ether oxygens (including phenoxy) is 1. The smallest absolute Gasteiger partial charge is 0.224 e. The van der Waals surface area contributed by atoms with Crippen molar-refractivity contribution in [2.24, 2.45) is 0 Å². The number of anilines is 2. The van der Waals surface area contributed by atoms with Crippen LogP contribution in [0, 0.1) is 0 Å². The number of para-hydroxylation sites is 1. The van der Waals surface area contributed by atoms with Crippen LogP contribution in [0.2, 0.25) is 0 Å². The summed E-state index contributed by atoms with van der Waals surface area (Å²) in [6.07, 6.45) is 2.18. The zero-order chi connectivity index (χ0) is 16.7. The molecule has 4 heteroatoms. The molecule has 1 atom stereocenters. The van der Waals surface area contributed by atoms with Crippen molar-refractivity contribution in [1.29, 1.82) is 0 Å². The molecular weight excluding hydrogens is 288 g/mol. The fourth-order valence-electron chi connectivity index (χ4n) is 2.17. The molecule has 1 amide bonds. The van der Waals surface area contributed by atoms with E-state index in [1.807, 2.05) is 55.5 Å². The molecule has 0 aliphatic heterocycles. The van der Waals surface area contributed by atoms with Crippen molar-refractivity contribution in [2.75, 3.05) is 11.1 Å². The Labute approximate surface area is 137 Å². The predicted molar refractivity (Wildman–Crippen MR) is 94.6 cm³/mol.